The molecule has 3 heterocycles. The molecule has 0 saturated carbocycles. The number of thioether (sulfide) groups is 1. The zero-order valence-corrected chi connectivity index (χ0v) is 19.7. The van der Waals surface area contributed by atoms with Crippen molar-refractivity contribution < 1.29 is 9.53 Å². The first-order chi connectivity index (χ1) is 17.0. The average Bonchev–Trinajstić information content (AvgIpc) is 3.31. The van der Waals surface area contributed by atoms with E-state index in [0.29, 0.717) is 39.0 Å². The largest absolute Gasteiger partial charge is 0.465 e. The molecule has 0 bridgehead atoms. The number of rotatable bonds is 6. The number of hydrogen-bond donors (Lipinski definition) is 1. The summed E-state index contributed by atoms with van der Waals surface area (Å²) in [6.07, 6.45) is 3.43. The van der Waals surface area contributed by atoms with Crippen molar-refractivity contribution in [2.75, 3.05) is 7.11 Å². The summed E-state index contributed by atoms with van der Waals surface area (Å²) in [4.78, 5) is 36.0. The van der Waals surface area contributed by atoms with Gasteiger partial charge in [0.1, 0.15) is 5.82 Å². The predicted molar refractivity (Wildman–Crippen MR) is 133 cm³/mol. The zero-order chi connectivity index (χ0) is 24.4. The molecule has 0 amide bonds. The highest BCUT2D eigenvalue weighted by molar-refractivity contribution is 7.98. The summed E-state index contributed by atoms with van der Waals surface area (Å²) in [5.41, 5.74) is 3.38. The number of carbonyl (C=O) groups excluding carboxylic acids is 1. The summed E-state index contributed by atoms with van der Waals surface area (Å²) < 4.78 is 6.77. The number of aryl methyl sites for hydroxylation is 1. The first-order valence-electron chi connectivity index (χ1n) is 10.7. The van der Waals surface area contributed by atoms with E-state index >= 15 is 0 Å². The Hall–Kier alpha value is -4.31. The Balaban J connectivity index is 1.52. The van der Waals surface area contributed by atoms with Crippen LogP contribution in [-0.4, -0.2) is 42.8 Å². The molecule has 35 heavy (non-hydrogen) atoms. The summed E-state index contributed by atoms with van der Waals surface area (Å²) >= 11 is 1.40. The van der Waals surface area contributed by atoms with Gasteiger partial charge in [0.25, 0.3) is 5.56 Å². The van der Waals surface area contributed by atoms with Gasteiger partial charge in [-0.25, -0.2) is 9.78 Å². The number of methoxy groups -OCH3 is 1. The van der Waals surface area contributed by atoms with Crippen LogP contribution in [-0.2, 0) is 10.5 Å². The highest BCUT2D eigenvalue weighted by atomic mass is 32.2. The number of esters is 1. The van der Waals surface area contributed by atoms with Gasteiger partial charge in [-0.2, -0.15) is 0 Å². The molecule has 1 N–H and O–H groups in total. The van der Waals surface area contributed by atoms with E-state index in [-0.39, 0.29) is 5.56 Å². The van der Waals surface area contributed by atoms with Gasteiger partial charge in [0.2, 0.25) is 0 Å². The van der Waals surface area contributed by atoms with Gasteiger partial charge in [-0.15, -0.1) is 10.2 Å². The molecule has 9 nitrogen and oxygen atoms in total. The maximum absolute atomic E-state index is 12.6. The van der Waals surface area contributed by atoms with E-state index in [9.17, 15) is 9.59 Å². The number of pyridine rings is 1. The van der Waals surface area contributed by atoms with E-state index in [2.05, 4.69) is 25.1 Å². The fourth-order valence-electron chi connectivity index (χ4n) is 3.72. The normalized spacial score (nSPS) is 11.0. The van der Waals surface area contributed by atoms with E-state index in [0.717, 1.165) is 16.8 Å². The molecule has 0 aliphatic rings. The average molecular weight is 485 g/mol. The number of benzene rings is 2. The quantitative estimate of drug-likeness (QED) is 0.284. The Morgan fingerprint density at radius 1 is 1.09 bits per heavy atom. The second-order valence-electron chi connectivity index (χ2n) is 7.69. The minimum atomic E-state index is -0.486. The predicted octanol–water partition coefficient (Wildman–Crippen LogP) is 3.95. The third kappa shape index (κ3) is 4.43. The van der Waals surface area contributed by atoms with Crippen molar-refractivity contribution in [3.8, 4) is 17.1 Å². The number of aromatic amines is 1. The smallest absolute Gasteiger partial charge is 0.337 e. The van der Waals surface area contributed by atoms with Gasteiger partial charge in [0.15, 0.2) is 11.0 Å². The third-order valence-corrected chi connectivity index (χ3v) is 6.38. The van der Waals surface area contributed by atoms with Crippen LogP contribution in [0.2, 0.25) is 0 Å². The Labute approximate surface area is 204 Å². The summed E-state index contributed by atoms with van der Waals surface area (Å²) in [5, 5.41) is 9.93. The lowest BCUT2D eigenvalue weighted by Gasteiger charge is -2.12. The highest BCUT2D eigenvalue weighted by Crippen LogP contribution is 2.30. The number of nitrogens with zero attached hydrogens (tertiary/aromatic N) is 5. The fraction of sp³-hybridized carbons (Fsp3) is 0.120. The molecule has 5 aromatic rings. The van der Waals surface area contributed by atoms with Crippen molar-refractivity contribution in [2.24, 2.45) is 0 Å². The van der Waals surface area contributed by atoms with Crippen molar-refractivity contribution in [3.63, 3.8) is 0 Å². The van der Waals surface area contributed by atoms with Crippen LogP contribution < -0.4 is 5.56 Å². The van der Waals surface area contributed by atoms with Crippen LogP contribution in [0.4, 0.5) is 0 Å². The summed E-state index contributed by atoms with van der Waals surface area (Å²) in [7, 11) is 1.31. The molecule has 174 valence electrons. The number of H-pyrrole nitrogens is 1. The number of para-hydroxylation sites is 1. The minimum absolute atomic E-state index is 0.278. The molecule has 0 aliphatic carbocycles. The van der Waals surface area contributed by atoms with Crippen molar-refractivity contribution in [1.82, 2.24) is 29.7 Å². The second-order valence-corrected chi connectivity index (χ2v) is 8.63. The summed E-state index contributed by atoms with van der Waals surface area (Å²) in [6.45, 7) is 2.03. The molecule has 10 heteroatoms. The van der Waals surface area contributed by atoms with Gasteiger partial charge in [-0.3, -0.25) is 14.3 Å². The molecule has 0 atom stereocenters. The maximum Gasteiger partial charge on any atom is 0.337 e. The standard InChI is InChI=1S/C25H20N6O3S/c1-15-5-3-4-6-20(15)31-22(16-9-11-26-12-10-16)29-30-25(31)35-14-21-27-19-13-17(24(33)34-2)7-8-18(19)23(32)28-21/h3-13H,14H2,1-2H3,(H,27,28,32). The molecule has 0 saturated heterocycles. The van der Waals surface area contributed by atoms with Gasteiger partial charge in [0.05, 0.1) is 35.0 Å². The molecule has 0 spiro atoms. The number of carbonyl (C=O) groups is 1. The number of hydrogen-bond acceptors (Lipinski definition) is 8. The Kier molecular flexibility index (Phi) is 6.11. The van der Waals surface area contributed by atoms with Gasteiger partial charge in [0, 0.05) is 18.0 Å². The van der Waals surface area contributed by atoms with Crippen LogP contribution in [0.25, 0.3) is 28.0 Å². The van der Waals surface area contributed by atoms with E-state index in [1.54, 1.807) is 30.6 Å². The lowest BCUT2D eigenvalue weighted by atomic mass is 10.1. The van der Waals surface area contributed by atoms with Gasteiger partial charge < -0.3 is 9.72 Å². The first kappa shape index (κ1) is 22.5. The molecular weight excluding hydrogens is 464 g/mol. The highest BCUT2D eigenvalue weighted by Gasteiger charge is 2.18. The minimum Gasteiger partial charge on any atom is -0.465 e. The fourth-order valence-corrected chi connectivity index (χ4v) is 4.53. The summed E-state index contributed by atoms with van der Waals surface area (Å²) in [5.74, 6) is 1.000. The molecule has 0 unspecified atom stereocenters. The van der Waals surface area contributed by atoms with E-state index in [1.807, 2.05) is 47.9 Å². The second kappa shape index (κ2) is 9.51. The van der Waals surface area contributed by atoms with Crippen LogP contribution in [0.1, 0.15) is 21.7 Å². The Morgan fingerprint density at radius 3 is 2.66 bits per heavy atom. The van der Waals surface area contributed by atoms with Crippen molar-refractivity contribution in [2.45, 2.75) is 17.8 Å². The Bertz CT molecular complexity index is 1600. The van der Waals surface area contributed by atoms with Crippen molar-refractivity contribution in [1.29, 1.82) is 0 Å². The first-order valence-corrected chi connectivity index (χ1v) is 11.7. The topological polar surface area (TPSA) is 116 Å². The number of aromatic nitrogens is 6. The molecule has 3 aromatic heterocycles. The lowest BCUT2D eigenvalue weighted by Crippen LogP contribution is -2.12. The molecule has 0 radical (unpaired) electrons. The third-order valence-electron chi connectivity index (χ3n) is 5.44. The van der Waals surface area contributed by atoms with E-state index in [4.69, 9.17) is 4.74 Å². The molecular formula is C25H20N6O3S. The van der Waals surface area contributed by atoms with Crippen LogP contribution in [0.15, 0.2) is 76.9 Å². The molecule has 5 rings (SSSR count). The van der Waals surface area contributed by atoms with Gasteiger partial charge >= 0.3 is 5.97 Å². The maximum atomic E-state index is 12.6. The zero-order valence-electron chi connectivity index (χ0n) is 18.9. The lowest BCUT2D eigenvalue weighted by molar-refractivity contribution is 0.0601. The van der Waals surface area contributed by atoms with Crippen LogP contribution in [0.3, 0.4) is 0 Å². The Morgan fingerprint density at radius 2 is 1.89 bits per heavy atom. The van der Waals surface area contributed by atoms with Crippen LogP contribution >= 0.6 is 11.8 Å². The number of fused-ring (bicyclic) bond motifs is 1. The van der Waals surface area contributed by atoms with Crippen LogP contribution in [0, 0.1) is 6.92 Å². The van der Waals surface area contributed by atoms with Gasteiger partial charge in [-0.05, 0) is 48.9 Å². The van der Waals surface area contributed by atoms with Crippen molar-refractivity contribution >= 4 is 28.6 Å². The van der Waals surface area contributed by atoms with E-state index in [1.165, 1.54) is 18.9 Å². The number of ether oxygens (including phenoxy) is 1. The monoisotopic (exact) mass is 484 g/mol. The van der Waals surface area contributed by atoms with E-state index < -0.39 is 5.97 Å². The summed E-state index contributed by atoms with van der Waals surface area (Å²) in [6, 6.07) is 16.4. The van der Waals surface area contributed by atoms with Gasteiger partial charge in [-0.1, -0.05) is 30.0 Å². The molecule has 0 aliphatic heterocycles. The number of nitrogens with one attached hydrogen (secondary N) is 1. The molecule has 2 aromatic carbocycles. The molecule has 0 fully saturated rings. The van der Waals surface area contributed by atoms with Crippen molar-refractivity contribution in [3.05, 3.63) is 94.3 Å². The van der Waals surface area contributed by atoms with Crippen LogP contribution in [0.5, 0.6) is 0 Å². The SMILES string of the molecule is COC(=O)c1ccc2c(=O)[nH]c(CSc3nnc(-c4ccncc4)n3-c3ccccc3C)nc2c1.